The van der Waals surface area contributed by atoms with Gasteiger partial charge in [0, 0.05) is 13.1 Å². The summed E-state index contributed by atoms with van der Waals surface area (Å²) in [6.45, 7) is 1.29. The number of hydrogen-bond donors (Lipinski definition) is 2. The van der Waals surface area contributed by atoms with Crippen LogP contribution in [0, 0.1) is 0 Å². The minimum Gasteiger partial charge on any atom is -0.341 e. The van der Waals surface area contributed by atoms with E-state index in [1.54, 1.807) is 22.4 Å². The van der Waals surface area contributed by atoms with Gasteiger partial charge in [0.25, 0.3) is 10.0 Å². The highest BCUT2D eigenvalue weighted by atomic mass is 32.2. The average Bonchev–Trinajstić information content (AvgIpc) is 3.52. The molecule has 0 aliphatic carbocycles. The van der Waals surface area contributed by atoms with Gasteiger partial charge in [0.15, 0.2) is 5.69 Å². The molecule has 0 atom stereocenters. The third-order valence-corrected chi connectivity index (χ3v) is 7.07. The summed E-state index contributed by atoms with van der Waals surface area (Å²) < 4.78 is 70.1. The highest BCUT2D eigenvalue weighted by Gasteiger charge is 2.35. The molecule has 0 spiro atoms. The van der Waals surface area contributed by atoms with Gasteiger partial charge in [-0.15, -0.1) is 15.7 Å². The highest BCUT2D eigenvalue weighted by molar-refractivity contribution is 7.90. The number of halogens is 3. The van der Waals surface area contributed by atoms with Gasteiger partial charge in [-0.25, -0.2) is 10.5 Å². The van der Waals surface area contributed by atoms with E-state index in [1.165, 1.54) is 35.6 Å². The van der Waals surface area contributed by atoms with E-state index in [0.29, 0.717) is 18.0 Å². The monoisotopic (exact) mass is 484 g/mol. The van der Waals surface area contributed by atoms with Gasteiger partial charge in [-0.3, -0.25) is 5.43 Å². The molecule has 0 radical (unpaired) electrons. The summed E-state index contributed by atoms with van der Waals surface area (Å²) in [6.07, 6.45) is -2.80. The van der Waals surface area contributed by atoms with Crippen molar-refractivity contribution in [2.24, 2.45) is 10.2 Å². The van der Waals surface area contributed by atoms with Gasteiger partial charge >= 0.3 is 6.18 Å². The zero-order valence-electron chi connectivity index (χ0n) is 16.6. The molecule has 1 aromatic carbocycles. The number of thiophene rings is 1. The number of guanidine groups is 1. The minimum absolute atomic E-state index is 0.0495. The van der Waals surface area contributed by atoms with E-state index >= 15 is 0 Å². The van der Waals surface area contributed by atoms with Crippen LogP contribution < -0.4 is 11.3 Å². The van der Waals surface area contributed by atoms with Crippen LogP contribution in [-0.2, 0) is 16.2 Å². The van der Waals surface area contributed by atoms with Crippen molar-refractivity contribution in [2.75, 3.05) is 13.1 Å². The number of nitrogens with zero attached hydrogens (tertiary/aromatic N) is 4. The molecule has 0 unspecified atom stereocenters. The lowest BCUT2D eigenvalue weighted by molar-refractivity contribution is -0.141. The molecule has 1 aliphatic heterocycles. The SMILES string of the molecule is NNC(=NS(=O)(=O)c1ccc(-n2nc(C(F)(F)F)cc2-c2cccs2)cc1)N1CCCC1. The third-order valence-electron chi connectivity index (χ3n) is 4.89. The van der Waals surface area contributed by atoms with E-state index in [0.717, 1.165) is 23.6 Å². The number of aromatic nitrogens is 2. The molecular weight excluding hydrogens is 465 g/mol. The number of nitrogens with two attached hydrogens (primary N) is 1. The van der Waals surface area contributed by atoms with Gasteiger partial charge in [-0.05, 0) is 54.6 Å². The molecule has 0 saturated carbocycles. The van der Waals surface area contributed by atoms with Crippen LogP contribution in [0.5, 0.6) is 0 Å². The van der Waals surface area contributed by atoms with Crippen LogP contribution in [0.1, 0.15) is 18.5 Å². The number of sulfonamides is 1. The Labute approximate surface area is 186 Å². The molecule has 1 fully saturated rings. The van der Waals surface area contributed by atoms with Gasteiger partial charge in [0.1, 0.15) is 0 Å². The summed E-state index contributed by atoms with van der Waals surface area (Å²) in [6, 6.07) is 9.71. The largest absolute Gasteiger partial charge is 0.435 e. The van der Waals surface area contributed by atoms with E-state index in [4.69, 9.17) is 5.84 Å². The Hall–Kier alpha value is -2.90. The van der Waals surface area contributed by atoms with Gasteiger partial charge in [-0.2, -0.15) is 26.7 Å². The third kappa shape index (κ3) is 4.49. The highest BCUT2D eigenvalue weighted by Crippen LogP contribution is 2.34. The summed E-state index contributed by atoms with van der Waals surface area (Å²) in [5.41, 5.74) is 1.82. The van der Waals surface area contributed by atoms with E-state index in [-0.39, 0.29) is 22.2 Å². The van der Waals surface area contributed by atoms with Crippen LogP contribution in [0.25, 0.3) is 16.3 Å². The molecule has 0 amide bonds. The van der Waals surface area contributed by atoms with Crippen LogP contribution in [0.4, 0.5) is 13.2 Å². The van der Waals surface area contributed by atoms with Crippen LogP contribution in [0.15, 0.2) is 57.1 Å². The Kier molecular flexibility index (Phi) is 5.97. The van der Waals surface area contributed by atoms with Crippen molar-refractivity contribution < 1.29 is 21.6 Å². The number of hydrogen-bond acceptors (Lipinski definition) is 5. The lowest BCUT2D eigenvalue weighted by Crippen LogP contribution is -2.43. The molecule has 32 heavy (non-hydrogen) atoms. The zero-order valence-corrected chi connectivity index (χ0v) is 18.2. The molecular formula is C19H19F3N6O2S2. The lowest BCUT2D eigenvalue weighted by Gasteiger charge is -2.18. The number of rotatable bonds is 4. The van der Waals surface area contributed by atoms with Crippen LogP contribution in [0.3, 0.4) is 0 Å². The molecule has 170 valence electrons. The molecule has 8 nitrogen and oxygen atoms in total. The van der Waals surface area contributed by atoms with Crippen LogP contribution in [-0.4, -0.2) is 42.1 Å². The number of benzene rings is 1. The van der Waals surface area contributed by atoms with Gasteiger partial charge < -0.3 is 4.90 Å². The van der Waals surface area contributed by atoms with Gasteiger partial charge in [0.2, 0.25) is 5.96 Å². The Morgan fingerprint density at radius 2 is 1.84 bits per heavy atom. The predicted molar refractivity (Wildman–Crippen MR) is 115 cm³/mol. The first-order valence-electron chi connectivity index (χ1n) is 9.57. The standard InChI is InChI=1S/C19H19F3N6O2S2/c20-19(21,22)17-12-15(16-4-3-11-31-16)28(25-17)13-5-7-14(8-6-13)32(29,30)26-18(24-23)27-9-1-2-10-27/h3-8,11-12H,1-2,9-10,23H2,(H,24,26). The Morgan fingerprint density at radius 3 is 2.41 bits per heavy atom. The molecule has 0 bridgehead atoms. The van der Waals surface area contributed by atoms with E-state index in [2.05, 4.69) is 14.9 Å². The number of alkyl halides is 3. The first-order valence-corrected chi connectivity index (χ1v) is 11.9. The Balaban J connectivity index is 1.69. The number of hydrazine groups is 1. The van der Waals surface area contributed by atoms with Crippen molar-refractivity contribution >= 4 is 27.3 Å². The molecule has 1 saturated heterocycles. The van der Waals surface area contributed by atoms with Crippen molar-refractivity contribution in [2.45, 2.75) is 23.9 Å². The summed E-state index contributed by atoms with van der Waals surface area (Å²) >= 11 is 1.27. The minimum atomic E-state index is -4.61. The number of nitrogens with one attached hydrogen (secondary N) is 1. The quantitative estimate of drug-likeness (QED) is 0.255. The second-order valence-electron chi connectivity index (χ2n) is 7.02. The van der Waals surface area contributed by atoms with Crippen molar-refractivity contribution in [1.82, 2.24) is 20.1 Å². The fraction of sp³-hybridized carbons (Fsp3) is 0.263. The van der Waals surface area contributed by atoms with Crippen molar-refractivity contribution in [1.29, 1.82) is 0 Å². The normalized spacial score (nSPS) is 15.4. The molecule has 3 N–H and O–H groups in total. The van der Waals surface area contributed by atoms with Crippen molar-refractivity contribution in [3.05, 3.63) is 53.5 Å². The zero-order chi connectivity index (χ0) is 22.9. The maximum atomic E-state index is 13.3. The fourth-order valence-electron chi connectivity index (χ4n) is 3.35. The van der Waals surface area contributed by atoms with E-state index in [9.17, 15) is 21.6 Å². The second kappa shape index (κ2) is 8.56. The molecule has 3 heterocycles. The van der Waals surface area contributed by atoms with Crippen LogP contribution >= 0.6 is 11.3 Å². The first kappa shape index (κ1) is 22.3. The topological polar surface area (TPSA) is 106 Å². The van der Waals surface area contributed by atoms with Gasteiger partial charge in [-0.1, -0.05) is 6.07 Å². The molecule has 2 aromatic heterocycles. The molecule has 13 heteroatoms. The van der Waals surface area contributed by atoms with Gasteiger partial charge in [0.05, 0.1) is 21.2 Å². The maximum Gasteiger partial charge on any atom is 0.435 e. The lowest BCUT2D eigenvalue weighted by atomic mass is 10.2. The average molecular weight is 485 g/mol. The maximum absolute atomic E-state index is 13.3. The van der Waals surface area contributed by atoms with E-state index < -0.39 is 21.9 Å². The Bertz CT molecular complexity index is 1210. The molecule has 3 aromatic rings. The van der Waals surface area contributed by atoms with E-state index in [1.807, 2.05) is 0 Å². The van der Waals surface area contributed by atoms with Crippen molar-refractivity contribution in [3.8, 4) is 16.3 Å². The summed E-state index contributed by atoms with van der Waals surface area (Å²) in [5.74, 6) is 5.50. The smallest absolute Gasteiger partial charge is 0.341 e. The molecule has 4 rings (SSSR count). The summed E-state index contributed by atoms with van der Waals surface area (Å²) in [7, 11) is -4.08. The van der Waals surface area contributed by atoms with Crippen LogP contribution in [0.2, 0.25) is 0 Å². The number of likely N-dealkylation sites (tertiary alicyclic amines) is 1. The second-order valence-corrected chi connectivity index (χ2v) is 9.58. The molecule has 1 aliphatic rings. The Morgan fingerprint density at radius 1 is 1.16 bits per heavy atom. The summed E-state index contributed by atoms with van der Waals surface area (Å²) in [4.78, 5) is 2.22. The summed E-state index contributed by atoms with van der Waals surface area (Å²) in [5, 5.41) is 5.45. The first-order chi connectivity index (χ1) is 15.2. The fourth-order valence-corrected chi connectivity index (χ4v) is 5.05. The van der Waals surface area contributed by atoms with Crippen molar-refractivity contribution in [3.63, 3.8) is 0 Å². The predicted octanol–water partition coefficient (Wildman–Crippen LogP) is 3.22.